The number of aryl methyl sites for hydroxylation is 1. The number of nitrogens with two attached hydrogens (primary N) is 2. The number of pyridine rings is 1. The number of nitrogen functional groups attached to an aromatic ring is 1. The molecule has 1 aromatic carbocycles. The van der Waals surface area contributed by atoms with Crippen molar-refractivity contribution in [2.45, 2.75) is 50.9 Å². The number of fused-ring (bicyclic) bond motifs is 1. The van der Waals surface area contributed by atoms with E-state index in [1.54, 1.807) is 6.92 Å². The first-order valence-electron chi connectivity index (χ1n) is 10.8. The molecular weight excluding hydrogens is 422 g/mol. The van der Waals surface area contributed by atoms with Crippen LogP contribution < -0.4 is 26.5 Å². The molecule has 2 saturated carbocycles. The van der Waals surface area contributed by atoms with Crippen molar-refractivity contribution in [3.8, 4) is 5.75 Å². The van der Waals surface area contributed by atoms with Crippen molar-refractivity contribution in [3.05, 3.63) is 27.8 Å². The number of hydrogen-bond donors (Lipinski definition) is 3. The topological polar surface area (TPSA) is 124 Å². The summed E-state index contributed by atoms with van der Waals surface area (Å²) in [6.45, 7) is 4.93. The van der Waals surface area contributed by atoms with Crippen LogP contribution in [0, 0.1) is 24.6 Å². The van der Waals surface area contributed by atoms with Gasteiger partial charge in [-0.25, -0.2) is 13.6 Å². The Hall–Kier alpha value is -2.88. The number of ether oxygens (including phenoxy) is 1. The highest BCUT2D eigenvalue weighted by atomic mass is 19.1. The van der Waals surface area contributed by atoms with Gasteiger partial charge < -0.3 is 30.8 Å². The summed E-state index contributed by atoms with van der Waals surface area (Å²) < 4.78 is 35.8. The van der Waals surface area contributed by atoms with E-state index in [0.717, 1.165) is 12.8 Å². The Labute approximate surface area is 182 Å². The average molecular weight is 448 g/mol. The molecule has 0 radical (unpaired) electrons. The molecule has 1 aliphatic heterocycles. The Morgan fingerprint density at radius 1 is 1.34 bits per heavy atom. The first-order chi connectivity index (χ1) is 15.0. The van der Waals surface area contributed by atoms with Crippen LogP contribution in [0.4, 0.5) is 25.0 Å². The molecule has 10 heteroatoms. The number of rotatable bonds is 4. The maximum absolute atomic E-state index is 15.6. The molecule has 5 rings (SSSR count). The second-order valence-electron chi connectivity index (χ2n) is 9.56. The van der Waals surface area contributed by atoms with Gasteiger partial charge in [0, 0.05) is 25.0 Å². The summed E-state index contributed by atoms with van der Waals surface area (Å²) in [6.07, 6.45) is 0.433. The lowest BCUT2D eigenvalue weighted by molar-refractivity contribution is 0.143. The van der Waals surface area contributed by atoms with Crippen molar-refractivity contribution in [3.63, 3.8) is 0 Å². The van der Waals surface area contributed by atoms with E-state index in [9.17, 15) is 14.0 Å². The molecule has 0 unspecified atom stereocenters. The zero-order chi connectivity index (χ0) is 23.1. The number of aromatic nitrogens is 1. The number of nitrogens with zero attached hydrogens (tertiary/aromatic N) is 2. The van der Waals surface area contributed by atoms with E-state index in [1.807, 2.05) is 4.90 Å². The van der Waals surface area contributed by atoms with E-state index in [1.165, 1.54) is 10.8 Å². The zero-order valence-electron chi connectivity index (χ0n) is 17.9. The minimum atomic E-state index is -1.69. The lowest BCUT2D eigenvalue weighted by atomic mass is 9.89. The number of benzene rings is 1. The maximum atomic E-state index is 15.6. The van der Waals surface area contributed by atoms with Crippen LogP contribution in [-0.2, 0) is 0 Å². The van der Waals surface area contributed by atoms with Gasteiger partial charge in [-0.3, -0.25) is 4.79 Å². The Kier molecular flexibility index (Phi) is 4.47. The predicted octanol–water partition coefficient (Wildman–Crippen LogP) is 2.93. The van der Waals surface area contributed by atoms with E-state index in [0.29, 0.717) is 24.2 Å². The molecule has 3 aliphatic rings. The minimum Gasteiger partial charge on any atom is -0.449 e. The Bertz CT molecular complexity index is 1210. The number of halogens is 2. The molecule has 1 saturated heterocycles. The van der Waals surface area contributed by atoms with Crippen molar-refractivity contribution in [2.75, 3.05) is 23.7 Å². The summed E-state index contributed by atoms with van der Waals surface area (Å²) in [6, 6.07) is -0.602. The molecule has 2 aromatic rings. The lowest BCUT2D eigenvalue weighted by Gasteiger charge is -2.26. The summed E-state index contributed by atoms with van der Waals surface area (Å²) in [5.74, 6) is -0.805. The molecule has 8 nitrogen and oxygen atoms in total. The fraction of sp³-hybridized carbons (Fsp3) is 0.545. The first-order valence-corrected chi connectivity index (χ1v) is 10.8. The summed E-state index contributed by atoms with van der Waals surface area (Å²) in [5.41, 5.74) is 12.1. The van der Waals surface area contributed by atoms with E-state index in [-0.39, 0.29) is 34.9 Å². The van der Waals surface area contributed by atoms with E-state index < -0.39 is 41.1 Å². The second kappa shape index (κ2) is 6.81. The molecule has 2 aliphatic carbocycles. The van der Waals surface area contributed by atoms with Gasteiger partial charge in [0.05, 0.1) is 34.5 Å². The van der Waals surface area contributed by atoms with E-state index in [4.69, 9.17) is 16.6 Å². The molecule has 0 spiro atoms. The highest BCUT2D eigenvalue weighted by Gasteiger charge is 2.51. The number of carbonyl (C=O) groups is 1. The Morgan fingerprint density at radius 2 is 2.00 bits per heavy atom. The van der Waals surface area contributed by atoms with Gasteiger partial charge in [-0.1, -0.05) is 6.92 Å². The van der Waals surface area contributed by atoms with Crippen LogP contribution in [0.2, 0.25) is 0 Å². The monoisotopic (exact) mass is 448 g/mol. The molecule has 2 heterocycles. The fourth-order valence-electron chi connectivity index (χ4n) is 5.41. The number of alkyl halides is 1. The summed E-state index contributed by atoms with van der Waals surface area (Å²) in [7, 11) is 0. The van der Waals surface area contributed by atoms with Crippen molar-refractivity contribution < 1.29 is 23.4 Å². The standard InChI is InChI=1S/C22H26F2N4O4/c1-9-6-27(7-11(9)22(26)3-4-22)19-10(2)18-15(17(25)16(19)24)20(29)14(32-21(30)31)8-28(18)13-5-12(13)23/h8-9,11-13H,3-7,25-26H2,1-2H3,(H,30,31)/t9-,11-,12-,13+/m0/s1. The number of hydrogen-bond acceptors (Lipinski definition) is 6. The largest absolute Gasteiger partial charge is 0.511 e. The third-order valence-corrected chi connectivity index (χ3v) is 7.36. The quantitative estimate of drug-likeness (QED) is 0.485. The molecule has 5 N–H and O–H groups in total. The molecule has 0 amide bonds. The SMILES string of the molecule is Cc1c(N2C[C@H](C)[C@@H](C3(N)CC3)C2)c(F)c(N)c2c(=O)c(OC(=O)O)cn([C@@H]3C[C@@H]3F)c12. The van der Waals surface area contributed by atoms with Crippen molar-refractivity contribution >= 4 is 28.4 Å². The van der Waals surface area contributed by atoms with E-state index >= 15 is 4.39 Å². The van der Waals surface area contributed by atoms with Crippen LogP contribution in [0.3, 0.4) is 0 Å². The average Bonchev–Trinajstić information content (AvgIpc) is 3.60. The predicted molar refractivity (Wildman–Crippen MR) is 116 cm³/mol. The summed E-state index contributed by atoms with van der Waals surface area (Å²) >= 11 is 0. The van der Waals surface area contributed by atoms with Gasteiger partial charge in [-0.15, -0.1) is 0 Å². The van der Waals surface area contributed by atoms with Gasteiger partial charge in [0.1, 0.15) is 6.17 Å². The minimum absolute atomic E-state index is 0.192. The molecular formula is C22H26F2N4O4. The second-order valence-corrected chi connectivity index (χ2v) is 9.56. The van der Waals surface area contributed by atoms with Crippen LogP contribution in [0.1, 0.15) is 37.8 Å². The van der Waals surface area contributed by atoms with Gasteiger partial charge in [0.2, 0.25) is 5.43 Å². The smallest absolute Gasteiger partial charge is 0.449 e. The number of anilines is 2. The van der Waals surface area contributed by atoms with Crippen molar-refractivity contribution in [1.29, 1.82) is 0 Å². The molecule has 4 atom stereocenters. The number of carboxylic acid groups (broad SMARTS) is 1. The maximum Gasteiger partial charge on any atom is 0.511 e. The zero-order valence-corrected chi connectivity index (χ0v) is 17.9. The van der Waals surface area contributed by atoms with Gasteiger partial charge in [0.15, 0.2) is 11.6 Å². The highest BCUT2D eigenvalue weighted by molar-refractivity contribution is 5.98. The molecule has 1 aromatic heterocycles. The van der Waals surface area contributed by atoms with Crippen LogP contribution in [0.15, 0.2) is 11.0 Å². The fourth-order valence-corrected chi connectivity index (χ4v) is 5.41. The van der Waals surface area contributed by atoms with Crippen LogP contribution in [-0.4, -0.2) is 40.6 Å². The van der Waals surface area contributed by atoms with Gasteiger partial charge in [-0.05, 0) is 37.2 Å². The normalized spacial score (nSPS) is 28.2. The Balaban J connectivity index is 1.71. The van der Waals surface area contributed by atoms with Crippen molar-refractivity contribution in [2.24, 2.45) is 17.6 Å². The molecule has 3 fully saturated rings. The molecule has 0 bridgehead atoms. The molecule has 172 valence electrons. The van der Waals surface area contributed by atoms with Crippen LogP contribution in [0.5, 0.6) is 5.75 Å². The lowest BCUT2D eigenvalue weighted by Crippen LogP contribution is -2.37. The van der Waals surface area contributed by atoms with Gasteiger partial charge >= 0.3 is 6.16 Å². The van der Waals surface area contributed by atoms with Crippen molar-refractivity contribution in [1.82, 2.24) is 4.57 Å². The third kappa shape index (κ3) is 3.03. The summed E-state index contributed by atoms with van der Waals surface area (Å²) in [5, 5.41) is 8.79. The van der Waals surface area contributed by atoms with Gasteiger partial charge in [0.25, 0.3) is 0 Å². The summed E-state index contributed by atoms with van der Waals surface area (Å²) in [4.78, 5) is 25.9. The van der Waals surface area contributed by atoms with Gasteiger partial charge in [-0.2, -0.15) is 0 Å². The third-order valence-electron chi connectivity index (χ3n) is 7.36. The molecule has 32 heavy (non-hydrogen) atoms. The van der Waals surface area contributed by atoms with Crippen LogP contribution >= 0.6 is 0 Å². The Morgan fingerprint density at radius 3 is 2.56 bits per heavy atom. The van der Waals surface area contributed by atoms with Crippen LogP contribution in [0.25, 0.3) is 10.9 Å². The highest BCUT2D eigenvalue weighted by Crippen LogP contribution is 2.49. The van der Waals surface area contributed by atoms with E-state index in [2.05, 4.69) is 11.7 Å². The first kappa shape index (κ1) is 21.0.